The molecule has 0 saturated carbocycles. The number of carboxylic acid groups (broad SMARTS) is 1. The van der Waals surface area contributed by atoms with Crippen molar-refractivity contribution in [3.8, 4) is 0 Å². The Labute approximate surface area is 129 Å². The first-order valence-electron chi connectivity index (χ1n) is 6.98. The van der Waals surface area contributed by atoms with Crippen LogP contribution in [0.1, 0.15) is 18.4 Å². The maximum Gasteiger partial charge on any atom is 0.407 e. The van der Waals surface area contributed by atoms with Crippen LogP contribution >= 0.6 is 0 Å². The normalized spacial score (nSPS) is 16.9. The lowest BCUT2D eigenvalue weighted by molar-refractivity contribution is 0.131. The van der Waals surface area contributed by atoms with Crippen molar-refractivity contribution in [3.63, 3.8) is 0 Å². The molecule has 1 saturated heterocycles. The Morgan fingerprint density at radius 3 is 2.59 bits per heavy atom. The highest BCUT2D eigenvalue weighted by molar-refractivity contribution is 7.89. The van der Waals surface area contributed by atoms with Gasteiger partial charge in [0.1, 0.15) is 0 Å². The van der Waals surface area contributed by atoms with Gasteiger partial charge in [0.15, 0.2) is 0 Å². The topological polar surface area (TPSA) is 99.1 Å². The summed E-state index contributed by atoms with van der Waals surface area (Å²) in [5.74, 6) is 0.0789. The van der Waals surface area contributed by atoms with Gasteiger partial charge in [-0.05, 0) is 37.3 Å². The van der Waals surface area contributed by atoms with Crippen molar-refractivity contribution in [1.82, 2.24) is 9.73 Å². The van der Waals surface area contributed by atoms with Gasteiger partial charge >= 0.3 is 6.09 Å². The van der Waals surface area contributed by atoms with Gasteiger partial charge < -0.3 is 10.0 Å². The fraction of sp³-hybridized carbons (Fsp3) is 0.429. The minimum atomic E-state index is -3.67. The number of nitrogens with zero attached hydrogens (tertiary/aromatic N) is 2. The summed E-state index contributed by atoms with van der Waals surface area (Å²) in [6, 6.07) is 6.68. The number of nitrogens with one attached hydrogen (secondary N) is 1. The van der Waals surface area contributed by atoms with Crippen LogP contribution in [-0.4, -0.2) is 43.8 Å². The molecule has 1 aromatic rings. The van der Waals surface area contributed by atoms with Crippen molar-refractivity contribution in [2.75, 3.05) is 13.1 Å². The van der Waals surface area contributed by atoms with Gasteiger partial charge in [0.25, 0.3) is 10.0 Å². The van der Waals surface area contributed by atoms with Crippen LogP contribution < -0.4 is 4.83 Å². The molecule has 0 radical (unpaired) electrons. The summed E-state index contributed by atoms with van der Waals surface area (Å²) in [6.07, 6.45) is 1.91. The Hall–Kier alpha value is -2.09. The Morgan fingerprint density at radius 1 is 1.36 bits per heavy atom. The number of carbonyl (C=O) groups is 1. The lowest BCUT2D eigenvalue weighted by Gasteiger charge is -2.27. The van der Waals surface area contributed by atoms with E-state index < -0.39 is 16.1 Å². The number of benzene rings is 1. The zero-order valence-corrected chi connectivity index (χ0v) is 13.1. The molecule has 1 aromatic carbocycles. The molecule has 1 fully saturated rings. The summed E-state index contributed by atoms with van der Waals surface area (Å²) in [5.41, 5.74) is 0.653. The quantitative estimate of drug-likeness (QED) is 0.649. The third-order valence-corrected chi connectivity index (χ3v) is 5.03. The van der Waals surface area contributed by atoms with Crippen molar-refractivity contribution in [2.24, 2.45) is 11.0 Å². The highest BCUT2D eigenvalue weighted by Gasteiger charge is 2.21. The zero-order chi connectivity index (χ0) is 16.2. The molecule has 0 bridgehead atoms. The smallest absolute Gasteiger partial charge is 0.407 e. The molecule has 8 heteroatoms. The van der Waals surface area contributed by atoms with Gasteiger partial charge in [-0.15, -0.1) is 0 Å². The molecule has 0 atom stereocenters. The van der Waals surface area contributed by atoms with Crippen LogP contribution in [0, 0.1) is 12.8 Å². The van der Waals surface area contributed by atoms with Gasteiger partial charge in [0.05, 0.1) is 4.90 Å². The SMILES string of the molecule is Cc1ccccc1S(=O)(=O)NN=CC1CCN(C(=O)O)CC1. The second-order valence-electron chi connectivity index (χ2n) is 5.25. The molecule has 1 aliphatic heterocycles. The van der Waals surface area contributed by atoms with Crippen molar-refractivity contribution in [1.29, 1.82) is 0 Å². The summed E-state index contributed by atoms with van der Waals surface area (Å²) < 4.78 is 24.3. The lowest BCUT2D eigenvalue weighted by Crippen LogP contribution is -2.37. The number of aryl methyl sites for hydroxylation is 1. The molecular weight excluding hydrogens is 306 g/mol. The number of hydrazone groups is 1. The number of hydrogen-bond donors (Lipinski definition) is 2. The summed E-state index contributed by atoms with van der Waals surface area (Å²) in [5, 5.41) is 12.7. The summed E-state index contributed by atoms with van der Waals surface area (Å²) in [7, 11) is -3.67. The number of sulfonamides is 1. The third-order valence-electron chi connectivity index (χ3n) is 3.65. The molecule has 1 heterocycles. The largest absolute Gasteiger partial charge is 0.465 e. The number of piperidine rings is 1. The summed E-state index contributed by atoms with van der Waals surface area (Å²) in [4.78, 5) is 14.6. The van der Waals surface area contributed by atoms with Crippen molar-refractivity contribution < 1.29 is 18.3 Å². The average molecular weight is 325 g/mol. The van der Waals surface area contributed by atoms with Crippen LogP contribution in [0.5, 0.6) is 0 Å². The Kier molecular flexibility index (Phi) is 5.02. The van der Waals surface area contributed by atoms with Crippen molar-refractivity contribution in [2.45, 2.75) is 24.7 Å². The van der Waals surface area contributed by atoms with E-state index in [1.54, 1.807) is 31.3 Å². The van der Waals surface area contributed by atoms with E-state index >= 15 is 0 Å². The van der Waals surface area contributed by atoms with Crippen LogP contribution in [0.3, 0.4) is 0 Å². The predicted molar refractivity (Wildman–Crippen MR) is 82.3 cm³/mol. The predicted octanol–water partition coefficient (Wildman–Crippen LogP) is 1.65. The van der Waals surface area contributed by atoms with E-state index in [0.717, 1.165) is 0 Å². The highest BCUT2D eigenvalue weighted by atomic mass is 32.2. The second-order valence-corrected chi connectivity index (χ2v) is 6.87. The Bertz CT molecular complexity index is 664. The molecule has 0 unspecified atom stereocenters. The van der Waals surface area contributed by atoms with E-state index in [1.807, 2.05) is 0 Å². The van der Waals surface area contributed by atoms with Crippen LogP contribution in [0.15, 0.2) is 34.3 Å². The maximum absolute atomic E-state index is 12.1. The fourth-order valence-electron chi connectivity index (χ4n) is 2.35. The van der Waals surface area contributed by atoms with Crippen molar-refractivity contribution in [3.05, 3.63) is 29.8 Å². The first-order valence-corrected chi connectivity index (χ1v) is 8.47. The van der Waals surface area contributed by atoms with Crippen LogP contribution in [-0.2, 0) is 10.0 Å². The third kappa shape index (κ3) is 3.97. The monoisotopic (exact) mass is 325 g/mol. The van der Waals surface area contributed by atoms with Gasteiger partial charge in [0, 0.05) is 19.3 Å². The maximum atomic E-state index is 12.1. The van der Waals surface area contributed by atoms with Gasteiger partial charge in [0.2, 0.25) is 0 Å². The number of rotatable bonds is 4. The van der Waals surface area contributed by atoms with Gasteiger partial charge in [-0.3, -0.25) is 0 Å². The Morgan fingerprint density at radius 2 is 2.00 bits per heavy atom. The van der Waals surface area contributed by atoms with E-state index in [1.165, 1.54) is 11.0 Å². The molecule has 22 heavy (non-hydrogen) atoms. The van der Waals surface area contributed by atoms with E-state index in [0.29, 0.717) is 31.5 Å². The fourth-order valence-corrected chi connectivity index (χ4v) is 3.40. The lowest BCUT2D eigenvalue weighted by atomic mass is 9.99. The molecular formula is C14H19N3O4S. The summed E-state index contributed by atoms with van der Waals surface area (Å²) >= 11 is 0. The average Bonchev–Trinajstić information content (AvgIpc) is 2.48. The minimum absolute atomic E-state index is 0.0789. The van der Waals surface area contributed by atoms with E-state index in [2.05, 4.69) is 9.93 Å². The number of amides is 1. The molecule has 2 rings (SSSR count). The van der Waals surface area contributed by atoms with Crippen molar-refractivity contribution >= 4 is 22.3 Å². The Balaban J connectivity index is 1.93. The van der Waals surface area contributed by atoms with Crippen LogP contribution in [0.25, 0.3) is 0 Å². The van der Waals surface area contributed by atoms with Gasteiger partial charge in [-0.2, -0.15) is 13.5 Å². The highest BCUT2D eigenvalue weighted by Crippen LogP contribution is 2.16. The number of likely N-dealkylation sites (tertiary alicyclic amines) is 1. The molecule has 0 aliphatic carbocycles. The summed E-state index contributed by atoms with van der Waals surface area (Å²) in [6.45, 7) is 2.60. The van der Waals surface area contributed by atoms with Crippen LogP contribution in [0.2, 0.25) is 0 Å². The molecule has 0 aromatic heterocycles. The van der Waals surface area contributed by atoms with Gasteiger partial charge in [-0.25, -0.2) is 9.63 Å². The zero-order valence-electron chi connectivity index (χ0n) is 12.3. The molecule has 1 aliphatic rings. The first-order chi connectivity index (χ1) is 10.4. The van der Waals surface area contributed by atoms with Crippen LogP contribution in [0.4, 0.5) is 4.79 Å². The minimum Gasteiger partial charge on any atom is -0.465 e. The second kappa shape index (κ2) is 6.78. The first kappa shape index (κ1) is 16.3. The number of hydrogen-bond acceptors (Lipinski definition) is 4. The van der Waals surface area contributed by atoms with Gasteiger partial charge in [-0.1, -0.05) is 18.2 Å². The van der Waals surface area contributed by atoms with E-state index in [-0.39, 0.29) is 10.8 Å². The molecule has 120 valence electrons. The van der Waals surface area contributed by atoms with E-state index in [4.69, 9.17) is 5.11 Å². The molecule has 2 N–H and O–H groups in total. The molecule has 0 spiro atoms. The molecule has 7 nitrogen and oxygen atoms in total. The molecule has 1 amide bonds. The standard InChI is InChI=1S/C14H19N3O4S/c1-11-4-2-3-5-13(11)22(20,21)16-15-10-12-6-8-17(9-7-12)14(18)19/h2-5,10,12,16H,6-9H2,1H3,(H,18,19). The van der Waals surface area contributed by atoms with E-state index in [9.17, 15) is 13.2 Å².